The maximum atomic E-state index is 12.8. The van der Waals surface area contributed by atoms with Gasteiger partial charge in [0.05, 0.1) is 5.56 Å². The minimum absolute atomic E-state index is 0.0555. The standard InChI is InChI=1S/C17H18F3N3O3/c1-9(6-13(24)25)8-21-16(26)14-10(2)22-15(23-14)11-4-3-5-12(7-11)17(18,19)20/h3-5,7,9H,6,8H2,1-2H3,(H,21,26)(H,22,23)(H,24,25). The van der Waals surface area contributed by atoms with Gasteiger partial charge in [-0.15, -0.1) is 0 Å². The monoisotopic (exact) mass is 369 g/mol. The second-order valence-electron chi connectivity index (χ2n) is 6.05. The number of halogens is 3. The Morgan fingerprint density at radius 1 is 1.35 bits per heavy atom. The number of aromatic amines is 1. The van der Waals surface area contributed by atoms with Gasteiger partial charge in [0.25, 0.3) is 5.91 Å². The summed E-state index contributed by atoms with van der Waals surface area (Å²) in [6.07, 6.45) is -4.56. The average Bonchev–Trinajstić information content (AvgIpc) is 2.93. The Kier molecular flexibility index (Phi) is 5.69. The quantitative estimate of drug-likeness (QED) is 0.728. The van der Waals surface area contributed by atoms with Gasteiger partial charge in [-0.05, 0) is 25.0 Å². The van der Waals surface area contributed by atoms with Crippen LogP contribution in [0.5, 0.6) is 0 Å². The number of hydrogen-bond donors (Lipinski definition) is 3. The molecule has 0 spiro atoms. The van der Waals surface area contributed by atoms with Gasteiger partial charge >= 0.3 is 12.1 Å². The normalized spacial score (nSPS) is 12.7. The third-order valence-electron chi connectivity index (χ3n) is 3.70. The number of nitrogens with one attached hydrogen (secondary N) is 2. The van der Waals surface area contributed by atoms with Crippen molar-refractivity contribution in [2.45, 2.75) is 26.4 Å². The highest BCUT2D eigenvalue weighted by atomic mass is 19.4. The van der Waals surface area contributed by atoms with E-state index in [1.54, 1.807) is 13.8 Å². The first kappa shape index (κ1) is 19.5. The lowest BCUT2D eigenvalue weighted by atomic mass is 10.1. The molecule has 26 heavy (non-hydrogen) atoms. The maximum Gasteiger partial charge on any atom is 0.416 e. The van der Waals surface area contributed by atoms with Crippen LogP contribution in [-0.2, 0) is 11.0 Å². The van der Waals surface area contributed by atoms with Crippen molar-refractivity contribution in [3.63, 3.8) is 0 Å². The molecule has 9 heteroatoms. The van der Waals surface area contributed by atoms with Gasteiger partial charge in [-0.25, -0.2) is 4.98 Å². The van der Waals surface area contributed by atoms with E-state index < -0.39 is 23.6 Å². The molecule has 1 aromatic carbocycles. The first-order chi connectivity index (χ1) is 12.1. The molecule has 140 valence electrons. The number of hydrogen-bond acceptors (Lipinski definition) is 3. The number of nitrogens with zero attached hydrogens (tertiary/aromatic N) is 1. The number of rotatable bonds is 6. The van der Waals surface area contributed by atoms with Crippen LogP contribution in [0.4, 0.5) is 13.2 Å². The highest BCUT2D eigenvalue weighted by Crippen LogP contribution is 2.31. The van der Waals surface area contributed by atoms with E-state index in [0.717, 1.165) is 12.1 Å². The van der Waals surface area contributed by atoms with E-state index in [2.05, 4.69) is 15.3 Å². The molecule has 1 aromatic heterocycles. The molecular formula is C17H18F3N3O3. The highest BCUT2D eigenvalue weighted by molar-refractivity contribution is 5.94. The number of aromatic nitrogens is 2. The lowest BCUT2D eigenvalue weighted by Crippen LogP contribution is -2.29. The summed E-state index contributed by atoms with van der Waals surface area (Å²) in [5.74, 6) is -1.60. The van der Waals surface area contributed by atoms with Crippen LogP contribution in [0.25, 0.3) is 11.4 Å². The maximum absolute atomic E-state index is 12.8. The van der Waals surface area contributed by atoms with E-state index in [1.807, 2.05) is 0 Å². The molecule has 0 radical (unpaired) electrons. The number of benzene rings is 1. The Hall–Kier alpha value is -2.84. The number of imidazole rings is 1. The summed E-state index contributed by atoms with van der Waals surface area (Å²) in [5.41, 5.74) is -0.139. The summed E-state index contributed by atoms with van der Waals surface area (Å²) in [6, 6.07) is 4.64. The Morgan fingerprint density at radius 3 is 2.65 bits per heavy atom. The Labute approximate surface area is 147 Å². The average molecular weight is 369 g/mol. The Morgan fingerprint density at radius 2 is 2.04 bits per heavy atom. The number of carboxylic acids is 1. The number of carbonyl (C=O) groups excluding carboxylic acids is 1. The third-order valence-corrected chi connectivity index (χ3v) is 3.70. The fraction of sp³-hybridized carbons (Fsp3) is 0.353. The van der Waals surface area contributed by atoms with Gasteiger partial charge in [0.2, 0.25) is 0 Å². The molecular weight excluding hydrogens is 351 g/mol. The topological polar surface area (TPSA) is 95.1 Å². The SMILES string of the molecule is Cc1[nH]c(-c2cccc(C(F)(F)F)c2)nc1C(=O)NCC(C)CC(=O)O. The van der Waals surface area contributed by atoms with Gasteiger partial charge in [0.1, 0.15) is 11.5 Å². The molecule has 1 amide bonds. The van der Waals surface area contributed by atoms with E-state index in [0.29, 0.717) is 5.69 Å². The molecule has 0 bridgehead atoms. The molecule has 6 nitrogen and oxygen atoms in total. The van der Waals surface area contributed by atoms with Gasteiger partial charge < -0.3 is 15.4 Å². The molecule has 2 rings (SSSR count). The molecule has 3 N–H and O–H groups in total. The molecule has 1 heterocycles. The lowest BCUT2D eigenvalue weighted by molar-refractivity contribution is -0.138. The molecule has 0 aliphatic rings. The first-order valence-corrected chi connectivity index (χ1v) is 7.82. The van der Waals surface area contributed by atoms with E-state index in [1.165, 1.54) is 12.1 Å². The summed E-state index contributed by atoms with van der Waals surface area (Å²) < 4.78 is 38.5. The largest absolute Gasteiger partial charge is 0.481 e. The predicted molar refractivity (Wildman–Crippen MR) is 87.5 cm³/mol. The van der Waals surface area contributed by atoms with Crippen molar-refractivity contribution in [2.24, 2.45) is 5.92 Å². The summed E-state index contributed by atoms with van der Waals surface area (Å²) in [4.78, 5) is 29.7. The molecule has 1 unspecified atom stereocenters. The molecule has 0 aliphatic carbocycles. The molecule has 1 atom stereocenters. The number of alkyl halides is 3. The van der Waals surface area contributed by atoms with Crippen LogP contribution >= 0.6 is 0 Å². The predicted octanol–water partition coefficient (Wildman–Crippen LogP) is 3.24. The van der Waals surface area contributed by atoms with Gasteiger partial charge in [-0.2, -0.15) is 13.2 Å². The van der Waals surface area contributed by atoms with Crippen LogP contribution in [0.1, 0.15) is 35.1 Å². The van der Waals surface area contributed by atoms with Crippen LogP contribution < -0.4 is 5.32 Å². The molecule has 0 fully saturated rings. The van der Waals surface area contributed by atoms with Gasteiger partial charge in [-0.1, -0.05) is 19.1 Å². The number of amides is 1. The summed E-state index contributed by atoms with van der Waals surface area (Å²) in [6.45, 7) is 3.41. The minimum atomic E-state index is -4.47. The van der Waals surface area contributed by atoms with Gasteiger partial charge in [0, 0.05) is 24.2 Å². The summed E-state index contributed by atoms with van der Waals surface area (Å²) in [5, 5.41) is 11.3. The van der Waals surface area contributed by atoms with Crippen molar-refractivity contribution in [2.75, 3.05) is 6.54 Å². The first-order valence-electron chi connectivity index (χ1n) is 7.82. The molecule has 2 aromatic rings. The van der Waals surface area contributed by atoms with Crippen molar-refractivity contribution < 1.29 is 27.9 Å². The second-order valence-corrected chi connectivity index (χ2v) is 6.05. The van der Waals surface area contributed by atoms with Gasteiger partial charge in [-0.3, -0.25) is 9.59 Å². The zero-order valence-electron chi connectivity index (χ0n) is 14.1. The van der Waals surface area contributed by atoms with Crippen molar-refractivity contribution in [3.8, 4) is 11.4 Å². The number of carboxylic acid groups (broad SMARTS) is 1. The summed E-state index contributed by atoms with van der Waals surface area (Å²) >= 11 is 0. The zero-order valence-corrected chi connectivity index (χ0v) is 14.1. The van der Waals surface area contributed by atoms with Crippen molar-refractivity contribution in [3.05, 3.63) is 41.2 Å². The smallest absolute Gasteiger partial charge is 0.416 e. The van der Waals surface area contributed by atoms with Crippen molar-refractivity contribution in [1.82, 2.24) is 15.3 Å². The Bertz CT molecular complexity index is 815. The van der Waals surface area contributed by atoms with E-state index >= 15 is 0 Å². The molecule has 0 saturated carbocycles. The second kappa shape index (κ2) is 7.59. The fourth-order valence-electron chi connectivity index (χ4n) is 2.38. The van der Waals surface area contributed by atoms with E-state index in [-0.39, 0.29) is 36.0 Å². The van der Waals surface area contributed by atoms with Crippen LogP contribution in [0.15, 0.2) is 24.3 Å². The van der Waals surface area contributed by atoms with Crippen molar-refractivity contribution in [1.29, 1.82) is 0 Å². The fourth-order valence-corrected chi connectivity index (χ4v) is 2.38. The summed E-state index contributed by atoms with van der Waals surface area (Å²) in [7, 11) is 0. The van der Waals surface area contributed by atoms with Gasteiger partial charge in [0.15, 0.2) is 0 Å². The lowest BCUT2D eigenvalue weighted by Gasteiger charge is -2.09. The number of carbonyl (C=O) groups is 2. The highest BCUT2D eigenvalue weighted by Gasteiger charge is 2.30. The van der Waals surface area contributed by atoms with Crippen LogP contribution in [0.3, 0.4) is 0 Å². The van der Waals surface area contributed by atoms with Crippen LogP contribution in [0, 0.1) is 12.8 Å². The Balaban J connectivity index is 2.16. The molecule has 0 saturated heterocycles. The number of aliphatic carboxylic acids is 1. The van der Waals surface area contributed by atoms with Crippen molar-refractivity contribution >= 4 is 11.9 Å². The minimum Gasteiger partial charge on any atom is -0.481 e. The zero-order chi connectivity index (χ0) is 19.5. The number of aryl methyl sites for hydroxylation is 1. The van der Waals surface area contributed by atoms with Crippen LogP contribution in [-0.4, -0.2) is 33.5 Å². The van der Waals surface area contributed by atoms with E-state index in [9.17, 15) is 22.8 Å². The third kappa shape index (κ3) is 4.84. The molecule has 0 aliphatic heterocycles. The van der Waals surface area contributed by atoms with Crippen LogP contribution in [0.2, 0.25) is 0 Å². The number of H-pyrrole nitrogens is 1. The van der Waals surface area contributed by atoms with E-state index in [4.69, 9.17) is 5.11 Å².